The minimum atomic E-state index is -0.179. The van der Waals surface area contributed by atoms with Crippen molar-refractivity contribution >= 4 is 64.2 Å². The first kappa shape index (κ1) is 28.7. The molecule has 0 saturated carbocycles. The second kappa shape index (κ2) is 10.5. The number of fused-ring (bicyclic) bond motifs is 13. The zero-order chi connectivity index (χ0) is 33.8. The number of aromatic nitrogens is 3. The lowest BCUT2D eigenvalue weighted by Gasteiger charge is -2.23. The van der Waals surface area contributed by atoms with E-state index in [2.05, 4.69) is 152 Å². The molecule has 1 aliphatic carbocycles. The molecule has 0 unspecified atom stereocenters. The Kier molecular flexibility index (Phi) is 5.89. The molecule has 0 radical (unpaired) electrons. The first-order valence-electron chi connectivity index (χ1n) is 17.5. The lowest BCUT2D eigenvalue weighted by molar-refractivity contribution is 0.667. The van der Waals surface area contributed by atoms with Crippen LogP contribution in [0.25, 0.3) is 92.3 Å². The van der Waals surface area contributed by atoms with Gasteiger partial charge in [-0.2, -0.15) is 0 Å². The van der Waals surface area contributed by atoms with E-state index in [-0.39, 0.29) is 5.41 Å². The normalized spacial score (nSPS) is 13.5. The first-order chi connectivity index (χ1) is 25.1. The highest BCUT2D eigenvalue weighted by Crippen LogP contribution is 2.58. The molecule has 0 atom stereocenters. The minimum Gasteiger partial charge on any atom is -0.308 e. The summed E-state index contributed by atoms with van der Waals surface area (Å²) in [6.07, 6.45) is 0. The molecule has 0 spiro atoms. The van der Waals surface area contributed by atoms with E-state index in [4.69, 9.17) is 9.97 Å². The van der Waals surface area contributed by atoms with Gasteiger partial charge in [0.1, 0.15) is 0 Å². The standard InChI is InChI=1S/C47H31N3S/c1-47(2)35-22-12-9-19-31(35)39-40-33-21-11-14-24-38(33)51-45(40)44-41(42(39)47)32-20-10-13-23-37(32)50(44)30-25-26-36-34(27-30)43(28-15-5-3-6-16-28)49-46(48-36)29-17-7-4-8-18-29/h3-27H,1-2H3. The first-order valence-corrected chi connectivity index (χ1v) is 18.3. The molecule has 10 aromatic rings. The molecule has 0 N–H and O–H groups in total. The van der Waals surface area contributed by atoms with E-state index in [9.17, 15) is 0 Å². The quantitative estimate of drug-likeness (QED) is 0.187. The lowest BCUT2D eigenvalue weighted by Crippen LogP contribution is -2.15. The molecule has 3 nitrogen and oxygen atoms in total. The fourth-order valence-electron chi connectivity index (χ4n) is 8.75. The predicted molar refractivity (Wildman–Crippen MR) is 215 cm³/mol. The maximum absolute atomic E-state index is 5.24. The Labute approximate surface area is 299 Å². The van der Waals surface area contributed by atoms with Gasteiger partial charge < -0.3 is 4.57 Å². The largest absolute Gasteiger partial charge is 0.308 e. The second-order valence-electron chi connectivity index (χ2n) is 14.1. The van der Waals surface area contributed by atoms with Crippen molar-refractivity contribution in [2.24, 2.45) is 0 Å². The molecule has 0 aliphatic heterocycles. The molecule has 7 aromatic carbocycles. The summed E-state index contributed by atoms with van der Waals surface area (Å²) in [5, 5.41) is 6.35. The molecule has 3 heterocycles. The summed E-state index contributed by atoms with van der Waals surface area (Å²) in [5.41, 5.74) is 12.9. The topological polar surface area (TPSA) is 30.7 Å². The van der Waals surface area contributed by atoms with Gasteiger partial charge in [0.25, 0.3) is 0 Å². The summed E-state index contributed by atoms with van der Waals surface area (Å²) in [6, 6.07) is 54.5. The van der Waals surface area contributed by atoms with Gasteiger partial charge in [0, 0.05) is 53.9 Å². The molecule has 51 heavy (non-hydrogen) atoms. The van der Waals surface area contributed by atoms with Crippen LogP contribution in [0.3, 0.4) is 0 Å². The van der Waals surface area contributed by atoms with Crippen molar-refractivity contribution in [3.63, 3.8) is 0 Å². The number of hydrogen-bond acceptors (Lipinski definition) is 3. The fraction of sp³-hybridized carbons (Fsp3) is 0.0638. The van der Waals surface area contributed by atoms with Crippen LogP contribution in [0.2, 0.25) is 0 Å². The van der Waals surface area contributed by atoms with E-state index in [0.29, 0.717) is 0 Å². The summed E-state index contributed by atoms with van der Waals surface area (Å²) in [5.74, 6) is 0.732. The van der Waals surface area contributed by atoms with Crippen molar-refractivity contribution in [2.75, 3.05) is 0 Å². The van der Waals surface area contributed by atoms with Gasteiger partial charge in [-0.1, -0.05) is 135 Å². The molecule has 0 fully saturated rings. The Morgan fingerprint density at radius 2 is 1.27 bits per heavy atom. The Bertz CT molecular complexity index is 3040. The Balaban J connectivity index is 1.30. The van der Waals surface area contributed by atoms with Gasteiger partial charge in [-0.25, -0.2) is 9.97 Å². The average Bonchev–Trinajstić information content (AvgIpc) is 3.81. The molecule has 4 heteroatoms. The van der Waals surface area contributed by atoms with Crippen molar-refractivity contribution in [3.05, 3.63) is 163 Å². The molecule has 240 valence electrons. The maximum atomic E-state index is 5.24. The number of rotatable bonds is 3. The molecule has 0 bridgehead atoms. The van der Waals surface area contributed by atoms with E-state index in [0.717, 1.165) is 39.2 Å². The maximum Gasteiger partial charge on any atom is 0.160 e. The third-order valence-corrected chi connectivity index (χ3v) is 12.1. The monoisotopic (exact) mass is 669 g/mol. The average molecular weight is 670 g/mol. The molecule has 0 saturated heterocycles. The summed E-state index contributed by atoms with van der Waals surface area (Å²) in [6.45, 7) is 4.82. The number of thiophene rings is 1. The van der Waals surface area contributed by atoms with Crippen molar-refractivity contribution in [1.82, 2.24) is 14.5 Å². The van der Waals surface area contributed by atoms with Crippen LogP contribution >= 0.6 is 11.3 Å². The number of nitrogens with zero attached hydrogens (tertiary/aromatic N) is 3. The number of para-hydroxylation sites is 1. The summed E-state index contributed by atoms with van der Waals surface area (Å²) >= 11 is 1.91. The van der Waals surface area contributed by atoms with Crippen LogP contribution in [0, 0.1) is 0 Å². The van der Waals surface area contributed by atoms with E-state index in [1.165, 1.54) is 64.2 Å². The van der Waals surface area contributed by atoms with Gasteiger partial charge in [0.05, 0.1) is 26.9 Å². The number of hydrogen-bond donors (Lipinski definition) is 0. The van der Waals surface area contributed by atoms with Crippen LogP contribution in [-0.4, -0.2) is 14.5 Å². The SMILES string of the molecule is CC1(C)c2ccccc2-c2c1c1c3ccccc3n(-c3ccc4nc(-c5ccccc5)nc(-c5ccccc5)c4c3)c1c1sc3ccccc3c21. The highest BCUT2D eigenvalue weighted by Gasteiger charge is 2.40. The summed E-state index contributed by atoms with van der Waals surface area (Å²) in [7, 11) is 0. The smallest absolute Gasteiger partial charge is 0.160 e. The van der Waals surface area contributed by atoms with E-state index < -0.39 is 0 Å². The molecular formula is C47H31N3S. The van der Waals surface area contributed by atoms with Gasteiger partial charge in [0.2, 0.25) is 0 Å². The Morgan fingerprint density at radius 3 is 2.10 bits per heavy atom. The van der Waals surface area contributed by atoms with Crippen molar-refractivity contribution < 1.29 is 0 Å². The predicted octanol–water partition coefficient (Wildman–Crippen LogP) is 12.7. The van der Waals surface area contributed by atoms with E-state index in [1.54, 1.807) is 0 Å². The molecule has 1 aliphatic rings. The van der Waals surface area contributed by atoms with E-state index in [1.807, 2.05) is 29.5 Å². The Hall–Kier alpha value is -6.10. The van der Waals surface area contributed by atoms with E-state index >= 15 is 0 Å². The van der Waals surface area contributed by atoms with Crippen LogP contribution in [0.4, 0.5) is 0 Å². The summed E-state index contributed by atoms with van der Waals surface area (Å²) < 4.78 is 5.15. The second-order valence-corrected chi connectivity index (χ2v) is 15.2. The third kappa shape index (κ3) is 3.94. The van der Waals surface area contributed by atoms with Gasteiger partial charge in [0.15, 0.2) is 5.82 Å². The molecule has 0 amide bonds. The van der Waals surface area contributed by atoms with Crippen molar-refractivity contribution in [1.29, 1.82) is 0 Å². The zero-order valence-corrected chi connectivity index (χ0v) is 29.0. The molecule has 3 aromatic heterocycles. The minimum absolute atomic E-state index is 0.179. The van der Waals surface area contributed by atoms with Crippen LogP contribution < -0.4 is 0 Å². The summed E-state index contributed by atoms with van der Waals surface area (Å²) in [4.78, 5) is 10.4. The van der Waals surface area contributed by atoms with Crippen molar-refractivity contribution in [2.45, 2.75) is 19.3 Å². The van der Waals surface area contributed by atoms with Gasteiger partial charge in [-0.05, 0) is 52.6 Å². The highest BCUT2D eigenvalue weighted by molar-refractivity contribution is 7.26. The van der Waals surface area contributed by atoms with Crippen LogP contribution in [0.5, 0.6) is 0 Å². The highest BCUT2D eigenvalue weighted by atomic mass is 32.1. The Morgan fingerprint density at radius 1 is 0.588 bits per heavy atom. The van der Waals surface area contributed by atoms with Crippen LogP contribution in [0.15, 0.2) is 152 Å². The number of benzene rings is 7. The fourth-order valence-corrected chi connectivity index (χ4v) is 10.0. The van der Waals surface area contributed by atoms with Crippen LogP contribution in [-0.2, 0) is 5.41 Å². The third-order valence-electron chi connectivity index (χ3n) is 10.9. The van der Waals surface area contributed by atoms with Gasteiger partial charge in [-0.15, -0.1) is 11.3 Å². The van der Waals surface area contributed by atoms with Crippen molar-refractivity contribution in [3.8, 4) is 39.5 Å². The van der Waals surface area contributed by atoms with Gasteiger partial charge in [-0.3, -0.25) is 0 Å². The van der Waals surface area contributed by atoms with Gasteiger partial charge >= 0.3 is 0 Å². The molecular weight excluding hydrogens is 639 g/mol. The lowest BCUT2D eigenvalue weighted by atomic mass is 9.80. The molecule has 11 rings (SSSR count). The van der Waals surface area contributed by atoms with Crippen LogP contribution in [0.1, 0.15) is 25.0 Å². The zero-order valence-electron chi connectivity index (χ0n) is 28.2.